The van der Waals surface area contributed by atoms with E-state index in [2.05, 4.69) is 37.2 Å². The number of aryl methyl sites for hydroxylation is 2. The van der Waals surface area contributed by atoms with Crippen molar-refractivity contribution in [2.75, 3.05) is 18.0 Å². The number of hydrogen-bond acceptors (Lipinski definition) is 8. The lowest BCUT2D eigenvalue weighted by Gasteiger charge is -2.32. The third-order valence-corrected chi connectivity index (χ3v) is 5.24. The summed E-state index contributed by atoms with van der Waals surface area (Å²) >= 11 is 0. The lowest BCUT2D eigenvalue weighted by Crippen LogP contribution is -2.41. The molecule has 1 amide bonds. The largest absolute Gasteiger partial charge is 0.467 e. The van der Waals surface area contributed by atoms with E-state index in [1.54, 1.807) is 12.5 Å². The Morgan fingerprint density at radius 3 is 2.87 bits per heavy atom. The maximum atomic E-state index is 12.5. The fraction of sp³-hybridized carbons (Fsp3) is 0.476. The molecule has 1 fully saturated rings. The molecule has 0 aromatic carbocycles. The predicted molar refractivity (Wildman–Crippen MR) is 110 cm³/mol. The number of nitrogens with zero attached hydrogens (tertiary/aromatic N) is 5. The number of piperidine rings is 1. The van der Waals surface area contributed by atoms with Crippen molar-refractivity contribution in [3.05, 3.63) is 42.0 Å². The zero-order chi connectivity index (χ0) is 20.9. The van der Waals surface area contributed by atoms with Crippen molar-refractivity contribution >= 4 is 11.7 Å². The van der Waals surface area contributed by atoms with Crippen LogP contribution in [0.15, 0.2) is 33.5 Å². The van der Waals surface area contributed by atoms with Gasteiger partial charge in [-0.25, -0.2) is 9.97 Å². The van der Waals surface area contributed by atoms with Gasteiger partial charge >= 0.3 is 0 Å². The van der Waals surface area contributed by atoms with Crippen molar-refractivity contribution in [3.8, 4) is 11.5 Å². The second-order valence-electron chi connectivity index (χ2n) is 7.48. The van der Waals surface area contributed by atoms with E-state index < -0.39 is 0 Å². The lowest BCUT2D eigenvalue weighted by atomic mass is 9.95. The highest BCUT2D eigenvalue weighted by atomic mass is 16.5. The van der Waals surface area contributed by atoms with Gasteiger partial charge in [0.05, 0.1) is 12.8 Å². The molecule has 0 bridgehead atoms. The summed E-state index contributed by atoms with van der Waals surface area (Å²) in [5.74, 6) is 3.37. The Kier molecular flexibility index (Phi) is 6.06. The third-order valence-electron chi connectivity index (χ3n) is 5.24. The molecule has 158 valence electrons. The summed E-state index contributed by atoms with van der Waals surface area (Å²) in [5, 5.41) is 7.01. The number of carbonyl (C=O) groups excluding carboxylic acids is 1. The molecule has 4 rings (SSSR count). The Bertz CT molecular complexity index is 977. The van der Waals surface area contributed by atoms with Gasteiger partial charge in [0.15, 0.2) is 5.82 Å². The van der Waals surface area contributed by atoms with E-state index in [1.807, 2.05) is 19.1 Å². The Morgan fingerprint density at radius 1 is 1.30 bits per heavy atom. The number of hydrogen-bond donors (Lipinski definition) is 1. The quantitative estimate of drug-likeness (QED) is 0.633. The maximum absolute atomic E-state index is 12.5. The minimum atomic E-state index is -0.0258. The van der Waals surface area contributed by atoms with E-state index >= 15 is 0 Å². The molecule has 0 spiro atoms. The summed E-state index contributed by atoms with van der Waals surface area (Å²) in [4.78, 5) is 28.1. The van der Waals surface area contributed by atoms with Crippen LogP contribution in [-0.2, 0) is 17.8 Å². The zero-order valence-corrected chi connectivity index (χ0v) is 17.3. The van der Waals surface area contributed by atoms with Crippen LogP contribution in [0.4, 0.5) is 5.82 Å². The molecule has 1 N–H and O–H groups in total. The number of furan rings is 1. The standard InChI is InChI=1S/C21H26N6O3/c1-3-5-18-25-21(30-26-18)17-13-22-14(2)24-19(17)27-9-7-15(8-10-27)20(28)23-12-16-6-4-11-29-16/h4,6,11,13,15H,3,5,7-10,12H2,1-2H3,(H,23,28). The number of amides is 1. The van der Waals surface area contributed by atoms with Crippen molar-refractivity contribution in [1.29, 1.82) is 0 Å². The Hall–Kier alpha value is -3.23. The molecule has 0 unspecified atom stereocenters. The molecule has 0 atom stereocenters. The average Bonchev–Trinajstić information content (AvgIpc) is 3.45. The average molecular weight is 410 g/mol. The number of rotatable bonds is 7. The molecule has 1 aliphatic rings. The maximum Gasteiger partial charge on any atom is 0.263 e. The second-order valence-corrected chi connectivity index (χ2v) is 7.48. The summed E-state index contributed by atoms with van der Waals surface area (Å²) in [5.41, 5.74) is 0.733. The van der Waals surface area contributed by atoms with Gasteiger partial charge in [-0.05, 0) is 38.3 Å². The van der Waals surface area contributed by atoms with Gasteiger partial charge in [-0.2, -0.15) is 4.98 Å². The van der Waals surface area contributed by atoms with Crippen LogP contribution >= 0.6 is 0 Å². The molecular formula is C21H26N6O3. The Morgan fingerprint density at radius 2 is 2.13 bits per heavy atom. The van der Waals surface area contributed by atoms with Gasteiger partial charge in [-0.3, -0.25) is 4.79 Å². The van der Waals surface area contributed by atoms with Crippen LogP contribution in [0.25, 0.3) is 11.5 Å². The van der Waals surface area contributed by atoms with Crippen LogP contribution in [0.1, 0.15) is 43.6 Å². The number of carbonyl (C=O) groups is 1. The monoisotopic (exact) mass is 410 g/mol. The van der Waals surface area contributed by atoms with Gasteiger partial charge in [0.1, 0.15) is 23.0 Å². The molecule has 0 radical (unpaired) electrons. The summed E-state index contributed by atoms with van der Waals surface area (Å²) in [6.45, 7) is 5.79. The van der Waals surface area contributed by atoms with Gasteiger partial charge in [0.2, 0.25) is 5.91 Å². The number of aromatic nitrogens is 4. The molecule has 0 saturated carbocycles. The lowest BCUT2D eigenvalue weighted by molar-refractivity contribution is -0.125. The summed E-state index contributed by atoms with van der Waals surface area (Å²) in [6.07, 6.45) is 6.56. The molecule has 3 aromatic rings. The van der Waals surface area contributed by atoms with E-state index in [1.165, 1.54) is 0 Å². The van der Waals surface area contributed by atoms with Gasteiger partial charge in [-0.15, -0.1) is 0 Å². The minimum absolute atomic E-state index is 0.0258. The Balaban J connectivity index is 1.42. The molecule has 4 heterocycles. The second kappa shape index (κ2) is 9.06. The van der Waals surface area contributed by atoms with E-state index in [-0.39, 0.29) is 11.8 Å². The van der Waals surface area contributed by atoms with E-state index in [0.29, 0.717) is 24.1 Å². The van der Waals surface area contributed by atoms with Crippen molar-refractivity contribution in [2.24, 2.45) is 5.92 Å². The van der Waals surface area contributed by atoms with Crippen LogP contribution in [0.5, 0.6) is 0 Å². The molecule has 1 aliphatic heterocycles. The van der Waals surface area contributed by atoms with Crippen LogP contribution in [-0.4, -0.2) is 39.1 Å². The van der Waals surface area contributed by atoms with E-state index in [9.17, 15) is 4.79 Å². The van der Waals surface area contributed by atoms with Crippen LogP contribution in [0, 0.1) is 12.8 Å². The van der Waals surface area contributed by atoms with Crippen molar-refractivity contribution in [1.82, 2.24) is 25.4 Å². The molecule has 9 nitrogen and oxygen atoms in total. The predicted octanol–water partition coefficient (Wildman–Crippen LogP) is 2.91. The van der Waals surface area contributed by atoms with Gasteiger partial charge in [0.25, 0.3) is 5.89 Å². The molecule has 9 heteroatoms. The topological polar surface area (TPSA) is 110 Å². The number of nitrogens with one attached hydrogen (secondary N) is 1. The highest BCUT2D eigenvalue weighted by Gasteiger charge is 2.28. The molecule has 1 saturated heterocycles. The normalized spacial score (nSPS) is 14.8. The summed E-state index contributed by atoms with van der Waals surface area (Å²) in [7, 11) is 0. The summed E-state index contributed by atoms with van der Waals surface area (Å²) in [6, 6.07) is 3.67. The third kappa shape index (κ3) is 4.50. The van der Waals surface area contributed by atoms with Crippen molar-refractivity contribution in [2.45, 2.75) is 46.1 Å². The Labute approximate surface area is 174 Å². The van der Waals surface area contributed by atoms with Gasteiger partial charge < -0.3 is 19.2 Å². The van der Waals surface area contributed by atoms with E-state index in [4.69, 9.17) is 8.94 Å². The van der Waals surface area contributed by atoms with Crippen LogP contribution in [0.3, 0.4) is 0 Å². The van der Waals surface area contributed by atoms with Crippen molar-refractivity contribution < 1.29 is 13.7 Å². The molecule has 30 heavy (non-hydrogen) atoms. The summed E-state index contributed by atoms with van der Waals surface area (Å²) < 4.78 is 10.7. The first-order chi connectivity index (χ1) is 14.6. The fourth-order valence-electron chi connectivity index (χ4n) is 3.62. The number of anilines is 1. The first-order valence-electron chi connectivity index (χ1n) is 10.4. The van der Waals surface area contributed by atoms with Crippen LogP contribution < -0.4 is 10.2 Å². The molecule has 0 aliphatic carbocycles. The highest BCUT2D eigenvalue weighted by molar-refractivity contribution is 5.79. The SMILES string of the molecule is CCCc1noc(-c2cnc(C)nc2N2CCC(C(=O)NCc3ccco3)CC2)n1. The highest BCUT2D eigenvalue weighted by Crippen LogP contribution is 2.30. The van der Waals surface area contributed by atoms with E-state index in [0.717, 1.165) is 55.9 Å². The van der Waals surface area contributed by atoms with Crippen molar-refractivity contribution in [3.63, 3.8) is 0 Å². The molecule has 3 aromatic heterocycles. The minimum Gasteiger partial charge on any atom is -0.467 e. The smallest absolute Gasteiger partial charge is 0.263 e. The van der Waals surface area contributed by atoms with Crippen LogP contribution in [0.2, 0.25) is 0 Å². The van der Waals surface area contributed by atoms with Gasteiger partial charge in [0, 0.05) is 31.6 Å². The fourth-order valence-corrected chi connectivity index (χ4v) is 3.62. The molecular weight excluding hydrogens is 384 g/mol. The van der Waals surface area contributed by atoms with Gasteiger partial charge in [-0.1, -0.05) is 12.1 Å². The first-order valence-corrected chi connectivity index (χ1v) is 10.4. The first kappa shape index (κ1) is 20.1. The zero-order valence-electron chi connectivity index (χ0n) is 17.3.